The van der Waals surface area contributed by atoms with Crippen molar-refractivity contribution in [3.05, 3.63) is 39.7 Å². The fraction of sp³-hybridized carbons (Fsp3) is 0.250. The van der Waals surface area contributed by atoms with Gasteiger partial charge < -0.3 is 0 Å². The molecule has 0 spiro atoms. The fourth-order valence-corrected chi connectivity index (χ4v) is 1.38. The molecule has 0 unspecified atom stereocenters. The Morgan fingerprint density at radius 1 is 1.54 bits per heavy atom. The summed E-state index contributed by atoms with van der Waals surface area (Å²) in [6.07, 6.45) is 0.532. The van der Waals surface area contributed by atoms with Crippen molar-refractivity contribution in [2.45, 2.75) is 6.42 Å². The Labute approximate surface area is 82.8 Å². The van der Waals surface area contributed by atoms with E-state index in [-0.39, 0.29) is 5.69 Å². The molecule has 5 heteroatoms. The Balaban J connectivity index is 2.98. The van der Waals surface area contributed by atoms with Crippen LogP contribution in [0, 0.1) is 15.9 Å². The number of rotatable bonds is 3. The highest BCUT2D eigenvalue weighted by Crippen LogP contribution is 2.17. The molecule has 0 N–H and O–H groups in total. The van der Waals surface area contributed by atoms with Gasteiger partial charge in [0.2, 0.25) is 0 Å². The summed E-state index contributed by atoms with van der Waals surface area (Å²) in [4.78, 5) is 9.64. The summed E-state index contributed by atoms with van der Waals surface area (Å²) in [5.74, 6) is -0.520. The minimum absolute atomic E-state index is 0.212. The number of hydrogen-bond donors (Lipinski definition) is 0. The standard InChI is InChI=1S/C8H7BrFNO2/c9-4-3-6-1-2-7(11(12)13)5-8(6)10/h1-2,5H,3-4H2. The van der Waals surface area contributed by atoms with Crippen molar-refractivity contribution in [1.29, 1.82) is 0 Å². The number of non-ortho nitro benzene ring substituents is 1. The van der Waals surface area contributed by atoms with E-state index in [2.05, 4.69) is 15.9 Å². The van der Waals surface area contributed by atoms with Gasteiger partial charge in [0.1, 0.15) is 5.82 Å². The van der Waals surface area contributed by atoms with E-state index in [9.17, 15) is 14.5 Å². The van der Waals surface area contributed by atoms with Gasteiger partial charge in [0, 0.05) is 11.4 Å². The average Bonchev–Trinajstić information content (AvgIpc) is 2.08. The summed E-state index contributed by atoms with van der Waals surface area (Å²) in [5.41, 5.74) is 0.276. The number of hydrogen-bond acceptors (Lipinski definition) is 2. The van der Waals surface area contributed by atoms with Gasteiger partial charge in [0.15, 0.2) is 0 Å². The van der Waals surface area contributed by atoms with E-state index in [0.717, 1.165) is 6.07 Å². The van der Waals surface area contributed by atoms with Crippen molar-refractivity contribution in [1.82, 2.24) is 0 Å². The van der Waals surface area contributed by atoms with Crippen molar-refractivity contribution < 1.29 is 9.31 Å². The smallest absolute Gasteiger partial charge is 0.258 e. The van der Waals surface area contributed by atoms with Crippen molar-refractivity contribution in [2.24, 2.45) is 0 Å². The van der Waals surface area contributed by atoms with E-state index >= 15 is 0 Å². The molecular formula is C8H7BrFNO2. The highest BCUT2D eigenvalue weighted by molar-refractivity contribution is 9.09. The zero-order valence-corrected chi connectivity index (χ0v) is 8.25. The zero-order chi connectivity index (χ0) is 9.84. The van der Waals surface area contributed by atoms with Crippen LogP contribution in [-0.4, -0.2) is 10.3 Å². The molecule has 0 atom stereocenters. The zero-order valence-electron chi connectivity index (χ0n) is 6.67. The first-order chi connectivity index (χ1) is 6.15. The number of aryl methyl sites for hydroxylation is 1. The third-order valence-electron chi connectivity index (χ3n) is 1.61. The molecule has 0 aliphatic heterocycles. The summed E-state index contributed by atoms with van der Waals surface area (Å²) >= 11 is 3.17. The molecule has 13 heavy (non-hydrogen) atoms. The molecule has 70 valence electrons. The molecule has 0 radical (unpaired) electrons. The average molecular weight is 248 g/mol. The van der Waals surface area contributed by atoms with Crippen LogP contribution < -0.4 is 0 Å². The molecule has 0 aliphatic rings. The third kappa shape index (κ3) is 2.48. The lowest BCUT2D eigenvalue weighted by Gasteiger charge is -1.99. The van der Waals surface area contributed by atoms with Crippen molar-refractivity contribution in [3.63, 3.8) is 0 Å². The summed E-state index contributed by atoms with van der Waals surface area (Å²) in [7, 11) is 0. The molecule has 0 amide bonds. The van der Waals surface area contributed by atoms with Crippen LogP contribution in [-0.2, 0) is 6.42 Å². The minimum Gasteiger partial charge on any atom is -0.258 e. The van der Waals surface area contributed by atoms with Gasteiger partial charge in [-0.25, -0.2) is 4.39 Å². The van der Waals surface area contributed by atoms with Crippen LogP contribution in [0.3, 0.4) is 0 Å². The first kappa shape index (κ1) is 10.1. The second kappa shape index (κ2) is 4.32. The number of nitro groups is 1. The van der Waals surface area contributed by atoms with Crippen molar-refractivity contribution in [3.8, 4) is 0 Å². The van der Waals surface area contributed by atoms with E-state index < -0.39 is 10.7 Å². The second-order valence-corrected chi connectivity index (χ2v) is 3.26. The normalized spacial score (nSPS) is 10.0. The summed E-state index contributed by atoms with van der Waals surface area (Å²) < 4.78 is 13.1. The van der Waals surface area contributed by atoms with Gasteiger partial charge in [-0.1, -0.05) is 15.9 Å². The maximum atomic E-state index is 13.1. The monoisotopic (exact) mass is 247 g/mol. The van der Waals surface area contributed by atoms with Crippen LogP contribution in [0.5, 0.6) is 0 Å². The second-order valence-electron chi connectivity index (χ2n) is 2.47. The molecule has 0 aromatic heterocycles. The van der Waals surface area contributed by atoms with Crippen LogP contribution in [0.1, 0.15) is 5.56 Å². The van der Waals surface area contributed by atoms with Crippen LogP contribution in [0.2, 0.25) is 0 Å². The van der Waals surface area contributed by atoms with E-state index in [1.54, 1.807) is 0 Å². The Kier molecular flexibility index (Phi) is 3.36. The first-order valence-corrected chi connectivity index (χ1v) is 4.76. The number of alkyl halides is 1. The Bertz CT molecular complexity index is 330. The first-order valence-electron chi connectivity index (χ1n) is 3.64. The SMILES string of the molecule is O=[N+]([O-])c1ccc(CCBr)c(F)c1. The Morgan fingerprint density at radius 2 is 2.23 bits per heavy atom. The lowest BCUT2D eigenvalue weighted by Crippen LogP contribution is -1.94. The number of nitro benzene ring substituents is 1. The minimum atomic E-state index is -0.610. The number of nitrogens with zero attached hydrogens (tertiary/aromatic N) is 1. The molecule has 1 aromatic carbocycles. The summed E-state index contributed by atoms with van der Waals surface area (Å²) in [5, 5.41) is 10.9. The highest BCUT2D eigenvalue weighted by Gasteiger charge is 2.09. The maximum absolute atomic E-state index is 13.1. The summed E-state index contributed by atoms with van der Waals surface area (Å²) in [6, 6.07) is 3.69. The molecule has 0 heterocycles. The highest BCUT2D eigenvalue weighted by atomic mass is 79.9. The molecular weight excluding hydrogens is 241 g/mol. The molecule has 0 fully saturated rings. The summed E-state index contributed by atoms with van der Waals surface area (Å²) in [6.45, 7) is 0. The molecule has 1 rings (SSSR count). The van der Waals surface area contributed by atoms with Gasteiger partial charge in [0.25, 0.3) is 5.69 Å². The molecule has 0 bridgehead atoms. The van der Waals surface area contributed by atoms with Gasteiger partial charge in [-0.15, -0.1) is 0 Å². The van der Waals surface area contributed by atoms with E-state index in [0.29, 0.717) is 17.3 Å². The topological polar surface area (TPSA) is 43.1 Å². The van der Waals surface area contributed by atoms with Crippen LogP contribution in [0.4, 0.5) is 10.1 Å². The largest absolute Gasteiger partial charge is 0.272 e. The molecule has 0 aliphatic carbocycles. The lowest BCUT2D eigenvalue weighted by molar-refractivity contribution is -0.385. The van der Waals surface area contributed by atoms with Crippen LogP contribution in [0.25, 0.3) is 0 Å². The Hall–Kier alpha value is -0.970. The maximum Gasteiger partial charge on any atom is 0.272 e. The van der Waals surface area contributed by atoms with Gasteiger partial charge in [-0.3, -0.25) is 10.1 Å². The van der Waals surface area contributed by atoms with Gasteiger partial charge in [0.05, 0.1) is 11.0 Å². The van der Waals surface area contributed by atoms with Gasteiger partial charge in [-0.05, 0) is 18.1 Å². The van der Waals surface area contributed by atoms with E-state index in [1.807, 2.05) is 0 Å². The molecule has 3 nitrogen and oxygen atoms in total. The predicted molar refractivity (Wildman–Crippen MR) is 50.6 cm³/mol. The molecule has 0 saturated heterocycles. The Morgan fingerprint density at radius 3 is 2.69 bits per heavy atom. The molecule has 1 aromatic rings. The van der Waals surface area contributed by atoms with E-state index in [4.69, 9.17) is 0 Å². The van der Waals surface area contributed by atoms with Crippen molar-refractivity contribution in [2.75, 3.05) is 5.33 Å². The quantitative estimate of drug-likeness (QED) is 0.468. The van der Waals surface area contributed by atoms with Gasteiger partial charge in [-0.2, -0.15) is 0 Å². The number of halogens is 2. The van der Waals surface area contributed by atoms with Crippen LogP contribution >= 0.6 is 15.9 Å². The predicted octanol–water partition coefficient (Wildman–Crippen LogP) is 2.67. The van der Waals surface area contributed by atoms with E-state index in [1.165, 1.54) is 12.1 Å². The van der Waals surface area contributed by atoms with Gasteiger partial charge >= 0.3 is 0 Å². The van der Waals surface area contributed by atoms with Crippen LogP contribution in [0.15, 0.2) is 18.2 Å². The third-order valence-corrected chi connectivity index (χ3v) is 2.01. The lowest BCUT2D eigenvalue weighted by atomic mass is 10.1. The number of benzene rings is 1. The molecule has 0 saturated carbocycles. The van der Waals surface area contributed by atoms with Crippen molar-refractivity contribution >= 4 is 21.6 Å². The fourth-order valence-electron chi connectivity index (χ4n) is 0.954.